The zero-order valence-corrected chi connectivity index (χ0v) is 36.9. The Morgan fingerprint density at radius 2 is 0.642 bits per heavy atom. The molecule has 0 amide bonds. The Labute approximate surface area is 392 Å². The molecule has 4 heteroatoms. The number of hydrogen-bond donors (Lipinski definition) is 2. The van der Waals surface area contributed by atoms with Gasteiger partial charge in [-0.05, 0) is 107 Å². The molecule has 0 atom stereocenters. The standard InChI is InChI=1S/C32H23N.C31H24N2O/c1-2-14-25(15-3-1)33-30-20-10-8-18-28(30)32(29-19-9-11-21-31(29)33)26-16-6-4-12-23(26)22-24-13-5-7-17-27(24)32;34-31(25-17-7-10-20-28(25)32-23-13-3-1-4-14-23)26-18-8-11-21-29(26)33(24-15-5-2-6-16-24)30-22-12-9-19-27(30)31/h1-21H,22H2;1-22,32,34H. The molecule has 10 aromatic carbocycles. The fraction of sp³-hybridized carbons (Fsp3) is 0.0476. The number of nitrogens with zero attached hydrogens (tertiary/aromatic N) is 2. The molecule has 67 heavy (non-hydrogen) atoms. The Bertz CT molecular complexity index is 3240. The molecule has 0 radical (unpaired) electrons. The summed E-state index contributed by atoms with van der Waals surface area (Å²) in [5, 5.41) is 16.2. The lowest BCUT2D eigenvalue weighted by Gasteiger charge is -2.49. The number of rotatable bonds is 5. The Morgan fingerprint density at radius 1 is 0.313 bits per heavy atom. The second kappa shape index (κ2) is 16.5. The maximum Gasteiger partial charge on any atom is 0.146 e. The van der Waals surface area contributed by atoms with E-state index < -0.39 is 5.60 Å². The highest BCUT2D eigenvalue weighted by molar-refractivity contribution is 5.91. The second-order valence-corrected chi connectivity index (χ2v) is 17.4. The van der Waals surface area contributed by atoms with E-state index in [-0.39, 0.29) is 5.41 Å². The van der Waals surface area contributed by atoms with Gasteiger partial charge >= 0.3 is 0 Å². The van der Waals surface area contributed by atoms with Gasteiger partial charge in [-0.15, -0.1) is 0 Å². The lowest BCUT2D eigenvalue weighted by Crippen LogP contribution is -2.41. The first-order valence-electron chi connectivity index (χ1n) is 23.0. The second-order valence-electron chi connectivity index (χ2n) is 17.4. The summed E-state index contributed by atoms with van der Waals surface area (Å²) in [6.07, 6.45) is 0.973. The van der Waals surface area contributed by atoms with Crippen LogP contribution in [0.3, 0.4) is 0 Å². The van der Waals surface area contributed by atoms with Gasteiger partial charge in [-0.1, -0.05) is 194 Å². The van der Waals surface area contributed by atoms with E-state index in [9.17, 15) is 5.11 Å². The van der Waals surface area contributed by atoms with Crippen molar-refractivity contribution in [1.82, 2.24) is 0 Å². The summed E-state index contributed by atoms with van der Waals surface area (Å²) in [6, 6.07) is 91.4. The van der Waals surface area contributed by atoms with Crippen LogP contribution in [0.4, 0.5) is 45.5 Å². The largest absolute Gasteiger partial charge is 0.376 e. The zero-order valence-electron chi connectivity index (χ0n) is 36.9. The molecule has 13 rings (SSSR count). The molecule has 0 saturated carbocycles. The van der Waals surface area contributed by atoms with Gasteiger partial charge in [-0.3, -0.25) is 0 Å². The van der Waals surface area contributed by atoms with Gasteiger partial charge in [-0.25, -0.2) is 0 Å². The summed E-state index contributed by atoms with van der Waals surface area (Å²) < 4.78 is 0. The highest BCUT2D eigenvalue weighted by Gasteiger charge is 2.50. The third-order valence-corrected chi connectivity index (χ3v) is 13.8. The van der Waals surface area contributed by atoms with E-state index in [4.69, 9.17) is 0 Å². The fourth-order valence-corrected chi connectivity index (χ4v) is 11.1. The van der Waals surface area contributed by atoms with Crippen LogP contribution in [0, 0.1) is 0 Å². The minimum absolute atomic E-state index is 0.343. The molecule has 4 nitrogen and oxygen atoms in total. The number of fused-ring (bicyclic) bond motifs is 10. The van der Waals surface area contributed by atoms with E-state index in [1.807, 2.05) is 109 Å². The normalized spacial score (nSPS) is 14.2. The van der Waals surface area contributed by atoms with E-state index in [1.54, 1.807) is 0 Å². The molecule has 0 saturated heterocycles. The van der Waals surface area contributed by atoms with Crippen molar-refractivity contribution < 1.29 is 5.11 Å². The topological polar surface area (TPSA) is 38.7 Å². The number of nitrogens with one attached hydrogen (secondary N) is 1. The van der Waals surface area contributed by atoms with Crippen molar-refractivity contribution in [1.29, 1.82) is 0 Å². The molecular weight excluding hydrogens is 815 g/mol. The smallest absolute Gasteiger partial charge is 0.146 e. The summed E-state index contributed by atoms with van der Waals surface area (Å²) >= 11 is 0. The molecule has 0 aromatic heterocycles. The van der Waals surface area contributed by atoms with Crippen LogP contribution in [-0.4, -0.2) is 5.11 Å². The van der Waals surface area contributed by atoms with Gasteiger partial charge in [0.15, 0.2) is 0 Å². The van der Waals surface area contributed by atoms with E-state index in [0.29, 0.717) is 0 Å². The molecule has 320 valence electrons. The van der Waals surface area contributed by atoms with Crippen molar-refractivity contribution in [2.45, 2.75) is 17.4 Å². The van der Waals surface area contributed by atoms with Crippen molar-refractivity contribution in [2.75, 3.05) is 15.1 Å². The van der Waals surface area contributed by atoms with Crippen LogP contribution in [0.15, 0.2) is 261 Å². The lowest BCUT2D eigenvalue weighted by molar-refractivity contribution is 0.126. The van der Waals surface area contributed by atoms with Crippen molar-refractivity contribution in [3.05, 3.63) is 311 Å². The number of para-hydroxylation sites is 8. The quantitative estimate of drug-likeness (QED) is 0.181. The van der Waals surface area contributed by atoms with Crippen molar-refractivity contribution in [2.24, 2.45) is 0 Å². The molecule has 1 spiro atoms. The first-order valence-corrected chi connectivity index (χ1v) is 23.0. The van der Waals surface area contributed by atoms with E-state index >= 15 is 0 Å². The summed E-state index contributed by atoms with van der Waals surface area (Å²) in [5.41, 5.74) is 17.6. The Kier molecular flexibility index (Phi) is 9.89. The van der Waals surface area contributed by atoms with E-state index in [1.165, 1.54) is 50.4 Å². The molecule has 3 aliphatic rings. The van der Waals surface area contributed by atoms with Gasteiger partial charge < -0.3 is 20.2 Å². The first kappa shape index (κ1) is 40.1. The third kappa shape index (κ3) is 6.40. The van der Waals surface area contributed by atoms with Crippen LogP contribution in [-0.2, 0) is 17.4 Å². The summed E-state index contributed by atoms with van der Waals surface area (Å²) in [4.78, 5) is 4.65. The molecule has 2 heterocycles. The highest BCUT2D eigenvalue weighted by Crippen LogP contribution is 2.60. The Hall–Kier alpha value is -8.44. The summed E-state index contributed by atoms with van der Waals surface area (Å²) in [5.74, 6) is 0. The molecule has 0 unspecified atom stereocenters. The third-order valence-electron chi connectivity index (χ3n) is 13.8. The average Bonchev–Trinajstić information content (AvgIpc) is 3.40. The maximum absolute atomic E-state index is 12.7. The van der Waals surface area contributed by atoms with Crippen LogP contribution in [0.5, 0.6) is 0 Å². The summed E-state index contributed by atoms with van der Waals surface area (Å²) in [6.45, 7) is 0. The van der Waals surface area contributed by atoms with Gasteiger partial charge in [0.05, 0.1) is 28.2 Å². The van der Waals surface area contributed by atoms with Gasteiger partial charge in [0, 0.05) is 39.4 Å². The predicted octanol–water partition coefficient (Wildman–Crippen LogP) is 15.3. The molecule has 2 aliphatic heterocycles. The monoisotopic (exact) mass is 861 g/mol. The van der Waals surface area contributed by atoms with Crippen LogP contribution in [0.2, 0.25) is 0 Å². The van der Waals surface area contributed by atoms with Crippen molar-refractivity contribution in [3.63, 3.8) is 0 Å². The predicted molar refractivity (Wildman–Crippen MR) is 275 cm³/mol. The van der Waals surface area contributed by atoms with Crippen LogP contribution >= 0.6 is 0 Å². The minimum atomic E-state index is -1.34. The lowest BCUT2D eigenvalue weighted by atomic mass is 9.58. The van der Waals surface area contributed by atoms with E-state index in [2.05, 4.69) is 167 Å². The number of aliphatic hydroxyl groups is 1. The van der Waals surface area contributed by atoms with Crippen LogP contribution in [0.1, 0.15) is 50.1 Å². The van der Waals surface area contributed by atoms with Gasteiger partial charge in [0.2, 0.25) is 0 Å². The van der Waals surface area contributed by atoms with Gasteiger partial charge in [0.25, 0.3) is 0 Å². The average molecular weight is 862 g/mol. The number of hydrogen-bond acceptors (Lipinski definition) is 4. The Balaban J connectivity index is 0.000000140. The van der Waals surface area contributed by atoms with Crippen molar-refractivity contribution in [3.8, 4) is 0 Å². The van der Waals surface area contributed by atoms with E-state index in [0.717, 1.165) is 51.5 Å². The van der Waals surface area contributed by atoms with Crippen LogP contribution in [0.25, 0.3) is 0 Å². The molecule has 1 aliphatic carbocycles. The van der Waals surface area contributed by atoms with Crippen molar-refractivity contribution >= 4 is 45.5 Å². The SMILES string of the molecule is OC1(c2ccccc2Nc2ccccc2)c2ccccc2N(c2ccccc2)c2ccccc21.c1ccc(N2c3ccccc3C3(c4ccccc4Cc4ccccc43)c3ccccc32)cc1. The molecule has 0 bridgehead atoms. The molecule has 2 N–H and O–H groups in total. The number of anilines is 8. The Morgan fingerprint density at radius 3 is 1.10 bits per heavy atom. The highest BCUT2D eigenvalue weighted by atomic mass is 16.3. The fourth-order valence-electron chi connectivity index (χ4n) is 11.1. The first-order chi connectivity index (χ1) is 33.2. The molecule has 0 fully saturated rings. The van der Waals surface area contributed by atoms with Gasteiger partial charge in [-0.2, -0.15) is 0 Å². The van der Waals surface area contributed by atoms with Crippen LogP contribution < -0.4 is 15.1 Å². The maximum atomic E-state index is 12.7. The van der Waals surface area contributed by atoms with Gasteiger partial charge in [0.1, 0.15) is 5.60 Å². The minimum Gasteiger partial charge on any atom is -0.376 e. The number of benzene rings is 10. The summed E-state index contributed by atoms with van der Waals surface area (Å²) in [7, 11) is 0. The zero-order chi connectivity index (χ0) is 44.8. The molecule has 10 aromatic rings. The molecular formula is C63H47N3O.